The number of carbonyl (C=O) groups is 1. The lowest BCUT2D eigenvalue weighted by molar-refractivity contribution is -0.194. The molecular formula is C28H49NO7Si. The number of aliphatic hydroxyl groups excluding tert-OH is 1. The van der Waals surface area contributed by atoms with Crippen molar-refractivity contribution in [2.75, 3.05) is 40.8 Å². The molecule has 1 fully saturated rings. The number of ether oxygens (including phenoxy) is 3. The first-order valence-corrected chi connectivity index (χ1v) is 16.0. The van der Waals surface area contributed by atoms with Crippen LogP contribution in [0.2, 0.25) is 18.1 Å². The zero-order chi connectivity index (χ0) is 28.1. The normalized spacial score (nSPS) is 26.5. The Labute approximate surface area is 224 Å². The van der Waals surface area contributed by atoms with Crippen LogP contribution in [0.4, 0.5) is 0 Å². The molecule has 1 aliphatic rings. The van der Waals surface area contributed by atoms with Crippen LogP contribution in [0, 0.1) is 11.8 Å². The predicted octanol–water partition coefficient (Wildman–Crippen LogP) is 3.81. The van der Waals surface area contributed by atoms with E-state index in [0.29, 0.717) is 13.2 Å². The van der Waals surface area contributed by atoms with E-state index >= 15 is 0 Å². The maximum Gasteiger partial charge on any atom is 0.228 e. The van der Waals surface area contributed by atoms with Crippen molar-refractivity contribution in [1.82, 2.24) is 4.90 Å². The van der Waals surface area contributed by atoms with Crippen molar-refractivity contribution in [3.8, 4) is 0 Å². The van der Waals surface area contributed by atoms with E-state index < -0.39 is 31.5 Å². The molecule has 0 bridgehead atoms. The summed E-state index contributed by atoms with van der Waals surface area (Å²) in [4.78, 5) is 14.8. The Balaban J connectivity index is 2.28. The summed E-state index contributed by atoms with van der Waals surface area (Å²) in [5, 5.41) is 23.8. The molecule has 8 nitrogen and oxygen atoms in total. The molecule has 1 aliphatic heterocycles. The van der Waals surface area contributed by atoms with Gasteiger partial charge in [0.25, 0.3) is 0 Å². The number of carbonyl (C=O) groups excluding carboxylic acids is 1. The first-order chi connectivity index (χ1) is 17.1. The van der Waals surface area contributed by atoms with Crippen molar-refractivity contribution < 1.29 is 33.6 Å². The van der Waals surface area contributed by atoms with E-state index in [-0.39, 0.29) is 43.3 Å². The quantitative estimate of drug-likeness (QED) is 0.211. The molecule has 5 atom stereocenters. The van der Waals surface area contributed by atoms with Crippen molar-refractivity contribution in [1.29, 1.82) is 0 Å². The fraction of sp³-hybridized carbons (Fsp3) is 0.750. The minimum atomic E-state index is -2.26. The Morgan fingerprint density at radius 1 is 1.14 bits per heavy atom. The topological polar surface area (TPSA) is 97.7 Å². The number of benzene rings is 1. The SMILES string of the molecule is COCOC[C@]1(CO[Si](C)(C)C(C)(C)C)N(C)C(=O)[C@H](C)[C@@]1(O)[C@@H](O)C[C@@H](C)COCc1ccccc1. The Morgan fingerprint density at radius 2 is 1.76 bits per heavy atom. The molecule has 1 heterocycles. The predicted molar refractivity (Wildman–Crippen MR) is 146 cm³/mol. The lowest BCUT2D eigenvalue weighted by Crippen LogP contribution is -2.70. The zero-order valence-corrected chi connectivity index (χ0v) is 25.2. The van der Waals surface area contributed by atoms with Gasteiger partial charge in [0.05, 0.1) is 31.8 Å². The molecule has 0 aliphatic carbocycles. The Hall–Kier alpha value is -1.33. The van der Waals surface area contributed by atoms with Gasteiger partial charge in [-0.1, -0.05) is 65.0 Å². The zero-order valence-electron chi connectivity index (χ0n) is 24.2. The van der Waals surface area contributed by atoms with Gasteiger partial charge in [0.15, 0.2) is 8.32 Å². The summed E-state index contributed by atoms with van der Waals surface area (Å²) < 4.78 is 23.3. The fourth-order valence-electron chi connectivity index (χ4n) is 4.82. The lowest BCUT2D eigenvalue weighted by atomic mass is 9.70. The summed E-state index contributed by atoms with van der Waals surface area (Å²) in [6, 6.07) is 9.89. The minimum Gasteiger partial charge on any atom is -0.414 e. The number of nitrogens with zero attached hydrogens (tertiary/aromatic N) is 1. The van der Waals surface area contributed by atoms with Gasteiger partial charge in [-0.15, -0.1) is 0 Å². The van der Waals surface area contributed by atoms with Crippen LogP contribution in [0.15, 0.2) is 30.3 Å². The average molecular weight is 540 g/mol. The molecule has 0 radical (unpaired) electrons. The molecular weight excluding hydrogens is 490 g/mol. The van der Waals surface area contributed by atoms with E-state index in [0.717, 1.165) is 5.56 Å². The molecule has 1 aromatic rings. The lowest BCUT2D eigenvalue weighted by Gasteiger charge is -2.50. The Morgan fingerprint density at radius 3 is 2.32 bits per heavy atom. The van der Waals surface area contributed by atoms with Crippen LogP contribution in [-0.2, 0) is 30.0 Å². The van der Waals surface area contributed by atoms with E-state index in [1.54, 1.807) is 14.0 Å². The second kappa shape index (κ2) is 12.7. The molecule has 2 rings (SSSR count). The molecule has 0 aromatic heterocycles. The highest BCUT2D eigenvalue weighted by atomic mass is 28.4. The van der Waals surface area contributed by atoms with Gasteiger partial charge in [0, 0.05) is 20.8 Å². The Kier molecular flexibility index (Phi) is 10.9. The van der Waals surface area contributed by atoms with Crippen LogP contribution < -0.4 is 0 Å². The second-order valence-electron chi connectivity index (χ2n) is 12.1. The number of amides is 1. The monoisotopic (exact) mass is 539 g/mol. The van der Waals surface area contributed by atoms with Crippen LogP contribution in [0.1, 0.15) is 46.6 Å². The van der Waals surface area contributed by atoms with Crippen molar-refractivity contribution in [3.05, 3.63) is 35.9 Å². The van der Waals surface area contributed by atoms with Crippen molar-refractivity contribution >= 4 is 14.2 Å². The molecule has 1 amide bonds. The number of rotatable bonds is 14. The maximum absolute atomic E-state index is 13.3. The van der Waals surface area contributed by atoms with Gasteiger partial charge in [0.2, 0.25) is 5.91 Å². The molecule has 37 heavy (non-hydrogen) atoms. The smallest absolute Gasteiger partial charge is 0.228 e. The van der Waals surface area contributed by atoms with Gasteiger partial charge in [-0.3, -0.25) is 4.79 Å². The molecule has 2 N–H and O–H groups in total. The fourth-order valence-corrected chi connectivity index (χ4v) is 5.85. The number of likely N-dealkylation sites (N-methyl/N-ethyl adjacent to an activating group) is 1. The number of likely N-dealkylation sites (tertiary alicyclic amines) is 1. The van der Waals surface area contributed by atoms with Crippen LogP contribution in [0.5, 0.6) is 0 Å². The van der Waals surface area contributed by atoms with Crippen LogP contribution >= 0.6 is 0 Å². The summed E-state index contributed by atoms with van der Waals surface area (Å²) in [7, 11) is 0.914. The third-order valence-electron chi connectivity index (χ3n) is 8.42. The highest BCUT2D eigenvalue weighted by Crippen LogP contribution is 2.48. The average Bonchev–Trinajstić information content (AvgIpc) is 2.97. The third kappa shape index (κ3) is 6.82. The summed E-state index contributed by atoms with van der Waals surface area (Å²) >= 11 is 0. The van der Waals surface area contributed by atoms with Gasteiger partial charge < -0.3 is 33.7 Å². The van der Waals surface area contributed by atoms with Crippen molar-refractivity contribution in [2.24, 2.45) is 11.8 Å². The van der Waals surface area contributed by atoms with Gasteiger partial charge in [-0.2, -0.15) is 0 Å². The maximum atomic E-state index is 13.3. The number of hydrogen-bond donors (Lipinski definition) is 2. The summed E-state index contributed by atoms with van der Waals surface area (Å²) in [6.45, 7) is 15.2. The standard InChI is InChI=1S/C28H49NO7Si/c1-21(16-34-17-23-13-11-10-12-14-23)15-24(30)28(32)22(2)25(31)29(6)27(28,18-35-20-33-7)19-36-37(8,9)26(3,4)5/h10-14,21-22,24,30,32H,15-20H2,1-9H3/t21-,22+,24+,27-,28-/m1/s1. The first kappa shape index (κ1) is 31.9. The number of methoxy groups -OCH3 is 1. The van der Waals surface area contributed by atoms with Gasteiger partial charge >= 0.3 is 0 Å². The summed E-state index contributed by atoms with van der Waals surface area (Å²) in [5.41, 5.74) is -2.02. The van der Waals surface area contributed by atoms with Gasteiger partial charge in [0.1, 0.15) is 17.9 Å². The number of hydrogen-bond acceptors (Lipinski definition) is 7. The van der Waals surface area contributed by atoms with E-state index in [9.17, 15) is 15.0 Å². The highest BCUT2D eigenvalue weighted by Gasteiger charge is 2.69. The molecule has 0 unspecified atom stereocenters. The largest absolute Gasteiger partial charge is 0.414 e. The molecule has 1 aromatic carbocycles. The second-order valence-corrected chi connectivity index (χ2v) is 16.9. The van der Waals surface area contributed by atoms with Gasteiger partial charge in [-0.25, -0.2) is 0 Å². The van der Waals surface area contributed by atoms with E-state index in [1.807, 2.05) is 37.3 Å². The van der Waals surface area contributed by atoms with E-state index in [4.69, 9.17) is 18.6 Å². The molecule has 1 saturated heterocycles. The highest BCUT2D eigenvalue weighted by molar-refractivity contribution is 6.74. The van der Waals surface area contributed by atoms with Crippen LogP contribution in [0.25, 0.3) is 0 Å². The molecule has 0 spiro atoms. The van der Waals surface area contributed by atoms with Gasteiger partial charge in [-0.05, 0) is 36.0 Å². The summed E-state index contributed by atoms with van der Waals surface area (Å²) in [5.74, 6) is -1.16. The van der Waals surface area contributed by atoms with Crippen molar-refractivity contribution in [3.63, 3.8) is 0 Å². The Bertz CT molecular complexity index is 862. The molecule has 9 heteroatoms. The van der Waals surface area contributed by atoms with Crippen molar-refractivity contribution in [2.45, 2.75) is 83.0 Å². The summed E-state index contributed by atoms with van der Waals surface area (Å²) in [6.07, 6.45) is -0.955. The van der Waals surface area contributed by atoms with Crippen LogP contribution in [-0.4, -0.2) is 87.4 Å². The van der Waals surface area contributed by atoms with E-state index in [2.05, 4.69) is 33.9 Å². The number of aliphatic hydroxyl groups is 2. The van der Waals surface area contributed by atoms with Crippen LogP contribution in [0.3, 0.4) is 0 Å². The molecule has 212 valence electrons. The molecule has 0 saturated carbocycles. The third-order valence-corrected chi connectivity index (χ3v) is 12.9. The minimum absolute atomic E-state index is 0.00580. The van der Waals surface area contributed by atoms with E-state index in [1.165, 1.54) is 12.0 Å². The first-order valence-electron chi connectivity index (χ1n) is 13.1.